The second-order valence-corrected chi connectivity index (χ2v) is 24.7. The first-order chi connectivity index (χ1) is 29.8. The van der Waals surface area contributed by atoms with Crippen LogP contribution in [-0.4, -0.2) is 124 Å². The van der Waals surface area contributed by atoms with E-state index in [1.807, 2.05) is 59.8 Å². The number of aliphatic hydroxyl groups is 2. The number of amides is 4. The van der Waals surface area contributed by atoms with Crippen molar-refractivity contribution in [2.24, 2.45) is 23.2 Å². The Hall–Kier alpha value is -3.05. The molecule has 9 atom stereocenters. The van der Waals surface area contributed by atoms with Gasteiger partial charge >= 0.3 is 12.1 Å². The molecule has 1 aromatic rings. The van der Waals surface area contributed by atoms with Crippen molar-refractivity contribution in [2.75, 3.05) is 50.7 Å². The van der Waals surface area contributed by atoms with E-state index < -0.39 is 61.3 Å². The third-order valence-corrected chi connectivity index (χ3v) is 18.8. The Bertz CT molecular complexity index is 2020. The Kier molecular flexibility index (Phi) is 18.6. The highest BCUT2D eigenvalue weighted by Crippen LogP contribution is 2.61. The van der Waals surface area contributed by atoms with Gasteiger partial charge < -0.3 is 39.7 Å². The summed E-state index contributed by atoms with van der Waals surface area (Å²) < 4.78 is 24.2. The lowest BCUT2D eigenvalue weighted by Crippen LogP contribution is -2.61. The van der Waals surface area contributed by atoms with E-state index in [-0.39, 0.29) is 72.3 Å². The number of likely N-dealkylation sites (N-methyl/N-ethyl adjacent to an activating group) is 1. The number of hydrogen-bond acceptors (Lipinski definition) is 12. The molecule has 2 heterocycles. The van der Waals surface area contributed by atoms with Crippen molar-refractivity contribution in [3.63, 3.8) is 0 Å². The van der Waals surface area contributed by atoms with Gasteiger partial charge in [0.2, 0.25) is 25.1 Å². The van der Waals surface area contributed by atoms with E-state index in [4.69, 9.17) is 21.1 Å². The summed E-state index contributed by atoms with van der Waals surface area (Å²) in [6.07, 6.45) is 4.02. The number of ether oxygens (including phenoxy) is 2. The Morgan fingerprint density at radius 1 is 1.19 bits per heavy atom. The van der Waals surface area contributed by atoms with Crippen molar-refractivity contribution in [3.05, 3.63) is 52.1 Å². The maximum atomic E-state index is 14.3. The van der Waals surface area contributed by atoms with Crippen LogP contribution in [0.5, 0.6) is 0 Å². The van der Waals surface area contributed by atoms with Gasteiger partial charge in [-0.2, -0.15) is 0 Å². The highest BCUT2D eigenvalue weighted by molar-refractivity contribution is 8.77. The zero-order chi connectivity index (χ0) is 47.9. The number of benzene rings is 1. The fraction of sp³-hybridized carbons (Fsp3) is 0.667. The van der Waals surface area contributed by atoms with Gasteiger partial charge in [-0.3, -0.25) is 24.3 Å². The molecule has 1 saturated heterocycles. The molecule has 15 nitrogen and oxygen atoms in total. The lowest BCUT2D eigenvalue weighted by Gasteiger charge is -2.42. The molecule has 4 rings (SSSR count). The van der Waals surface area contributed by atoms with Gasteiger partial charge in [-0.1, -0.05) is 76.9 Å². The van der Waals surface area contributed by atoms with E-state index in [0.29, 0.717) is 35.7 Å². The predicted molar refractivity (Wildman–Crippen MR) is 253 cm³/mol. The number of hydrogen-bond donors (Lipinski definition) is 5. The SMILES string of the molecule is CNC(=O)CCP(=O)(O)CCC(C)(C)SSCCC(=O)N(C)[C@@H](C)C(=O)O[C@H]1CC(=O)N(C)c2cc(cc(C)c2Cl)C/C(C)=C/C=C/[C@@H](CO)[C@@]2(O)CC(OC(=O)N2)[C@@H](C)[C@H]2C[C@@]12C. The Morgan fingerprint density at radius 3 is 2.53 bits per heavy atom. The molecule has 358 valence electrons. The first-order valence-electron chi connectivity index (χ1n) is 21.8. The number of esters is 1. The largest absolute Gasteiger partial charge is 0.460 e. The summed E-state index contributed by atoms with van der Waals surface area (Å²) in [7, 11) is 4.11. The summed E-state index contributed by atoms with van der Waals surface area (Å²) in [6, 6.07) is 2.79. The smallest absolute Gasteiger partial charge is 0.409 e. The molecule has 1 aliphatic carbocycles. The number of nitrogens with one attached hydrogen (secondary N) is 2. The topological polar surface area (TPSA) is 212 Å². The van der Waals surface area contributed by atoms with Crippen molar-refractivity contribution >= 4 is 76.0 Å². The number of anilines is 1. The molecular formula is C45H68ClN4O11PS2. The maximum Gasteiger partial charge on any atom is 0.409 e. The van der Waals surface area contributed by atoms with Crippen LogP contribution in [0.3, 0.4) is 0 Å². The van der Waals surface area contributed by atoms with E-state index in [9.17, 15) is 43.6 Å². The van der Waals surface area contributed by atoms with Crippen LogP contribution >= 0.6 is 40.6 Å². The van der Waals surface area contributed by atoms with Gasteiger partial charge in [0.15, 0.2) is 5.72 Å². The molecule has 0 radical (unpaired) electrons. The van der Waals surface area contributed by atoms with Gasteiger partial charge in [0, 0.05) is 74.6 Å². The number of aryl methyl sites for hydroxylation is 1. The Labute approximate surface area is 391 Å². The normalized spacial score (nSPS) is 29.1. The van der Waals surface area contributed by atoms with E-state index in [0.717, 1.165) is 16.7 Å². The monoisotopic (exact) mass is 970 g/mol. The zero-order valence-corrected chi connectivity index (χ0v) is 42.1. The zero-order valence-electron chi connectivity index (χ0n) is 38.8. The summed E-state index contributed by atoms with van der Waals surface area (Å²) >= 11 is 6.82. The van der Waals surface area contributed by atoms with Crippen LogP contribution in [0, 0.1) is 30.1 Å². The number of nitrogens with zero attached hydrogens (tertiary/aromatic N) is 2. The van der Waals surface area contributed by atoms with Crippen LogP contribution in [0.25, 0.3) is 0 Å². The van der Waals surface area contributed by atoms with Crippen LogP contribution in [0.15, 0.2) is 35.9 Å². The summed E-state index contributed by atoms with van der Waals surface area (Å²) in [4.78, 5) is 79.4. The molecule has 3 aliphatic rings. The van der Waals surface area contributed by atoms with Gasteiger partial charge in [-0.15, -0.1) is 0 Å². The minimum atomic E-state index is -3.48. The summed E-state index contributed by atoms with van der Waals surface area (Å²) in [6.45, 7) is 12.6. The molecule has 19 heteroatoms. The molecule has 2 aliphatic heterocycles. The summed E-state index contributed by atoms with van der Waals surface area (Å²) in [5, 5.41) is 27.6. The van der Waals surface area contributed by atoms with Gasteiger partial charge in [0.05, 0.1) is 23.7 Å². The number of aliphatic hydroxyl groups excluding tert-OH is 1. The molecular weight excluding hydrogens is 903 g/mol. The minimum absolute atomic E-state index is 0.0140. The summed E-state index contributed by atoms with van der Waals surface area (Å²) in [5.41, 5.74) is 0.527. The number of carbonyl (C=O) groups is 5. The lowest BCUT2D eigenvalue weighted by atomic mass is 9.81. The van der Waals surface area contributed by atoms with Crippen LogP contribution in [0.2, 0.25) is 5.02 Å². The third kappa shape index (κ3) is 14.0. The van der Waals surface area contributed by atoms with E-state index in [1.54, 1.807) is 26.1 Å². The first kappa shape index (κ1) is 53.6. The Balaban J connectivity index is 1.52. The molecule has 1 aromatic carbocycles. The summed E-state index contributed by atoms with van der Waals surface area (Å²) in [5.74, 6) is -2.64. The van der Waals surface area contributed by atoms with E-state index in [1.165, 1.54) is 45.5 Å². The molecule has 0 spiro atoms. The van der Waals surface area contributed by atoms with Crippen molar-refractivity contribution in [2.45, 2.75) is 122 Å². The molecule has 64 heavy (non-hydrogen) atoms. The standard InChI is InChI=1S/C45H68ClN4O11PS2/c1-27-12-11-13-32(26-51)45(57)25-35(60-42(56)48-45)29(3)33-24-44(33,7)36(23-39(54)50(10)34-22-31(20-27)21-28(2)40(34)46)61-41(55)30(4)49(9)38(53)15-19-63-64-43(5,6)16-18-62(58,59)17-14-37(52)47-8/h11-13,21-22,29-30,32-33,35-36,51,57H,14-20,23-26H2,1-10H3,(H,47,52)(H,48,56)(H,58,59)/b13-11+,27-12+/t29-,30-,32-,33+,35?,36-,44+,45-/m0/s1. The quantitative estimate of drug-likeness (QED) is 0.0542. The minimum Gasteiger partial charge on any atom is -0.460 e. The fourth-order valence-corrected chi connectivity index (χ4v) is 13.0. The van der Waals surface area contributed by atoms with E-state index in [2.05, 4.69) is 10.6 Å². The number of allylic oxidation sites excluding steroid dienone is 3. The fourth-order valence-electron chi connectivity index (χ4n) is 8.34. The highest BCUT2D eigenvalue weighted by atomic mass is 35.5. The molecule has 4 amide bonds. The third-order valence-electron chi connectivity index (χ3n) is 13.1. The molecule has 1 saturated carbocycles. The molecule has 2 unspecified atom stereocenters. The molecule has 0 aromatic heterocycles. The van der Waals surface area contributed by atoms with Crippen LogP contribution in [0.1, 0.15) is 91.2 Å². The van der Waals surface area contributed by atoms with Crippen LogP contribution < -0.4 is 15.5 Å². The van der Waals surface area contributed by atoms with Crippen LogP contribution in [-0.2, 0) is 39.6 Å². The van der Waals surface area contributed by atoms with Gasteiger partial charge in [-0.25, -0.2) is 9.59 Å². The first-order valence-corrected chi connectivity index (χ1v) is 26.5. The van der Waals surface area contributed by atoms with Crippen molar-refractivity contribution in [1.29, 1.82) is 0 Å². The number of rotatable bonds is 15. The van der Waals surface area contributed by atoms with Crippen molar-refractivity contribution < 1.29 is 53.1 Å². The predicted octanol–water partition coefficient (Wildman–Crippen LogP) is 6.62. The van der Waals surface area contributed by atoms with Crippen molar-refractivity contribution in [1.82, 2.24) is 15.5 Å². The lowest BCUT2D eigenvalue weighted by molar-refractivity contribution is -0.162. The van der Waals surface area contributed by atoms with Gasteiger partial charge in [0.1, 0.15) is 18.2 Å². The van der Waals surface area contributed by atoms with Crippen molar-refractivity contribution in [3.8, 4) is 0 Å². The number of halogens is 1. The second-order valence-electron chi connectivity index (χ2n) is 18.6. The van der Waals surface area contributed by atoms with Gasteiger partial charge in [-0.05, 0) is 82.9 Å². The number of carbonyl (C=O) groups excluding carboxylic acids is 5. The maximum absolute atomic E-state index is 14.3. The molecule has 5 N–H and O–H groups in total. The average molecular weight is 972 g/mol. The highest BCUT2D eigenvalue weighted by Gasteiger charge is 2.62. The number of fused-ring (bicyclic) bond motifs is 5. The van der Waals surface area contributed by atoms with Gasteiger partial charge in [0.25, 0.3) is 0 Å². The average Bonchev–Trinajstić information content (AvgIpc) is 3.93. The second kappa shape index (κ2) is 22.2. The van der Waals surface area contributed by atoms with E-state index >= 15 is 0 Å². The molecule has 2 fully saturated rings. The van der Waals surface area contributed by atoms with Crippen LogP contribution in [0.4, 0.5) is 10.5 Å². The molecule has 4 bridgehead atoms. The Morgan fingerprint density at radius 2 is 1.88 bits per heavy atom. The number of alkyl carbamates (subject to hydrolysis) is 1.